The molecule has 1 N–H and O–H groups in total. The number of nitro groups is 1. The van der Waals surface area contributed by atoms with Gasteiger partial charge in [-0.05, 0) is 42.3 Å². The van der Waals surface area contributed by atoms with Crippen LogP contribution in [0.4, 0.5) is 16.2 Å². The zero-order valence-corrected chi connectivity index (χ0v) is 15.0. The highest BCUT2D eigenvalue weighted by molar-refractivity contribution is 7.99. The first-order valence-electron chi connectivity index (χ1n) is 7.65. The Hall–Kier alpha value is -2.25. The van der Waals surface area contributed by atoms with Crippen molar-refractivity contribution in [2.45, 2.75) is 12.3 Å². The fourth-order valence-electron chi connectivity index (χ4n) is 2.62. The Balaban J connectivity index is 1.76. The lowest BCUT2D eigenvalue weighted by Gasteiger charge is -2.24. The molecule has 0 aromatic heterocycles. The maximum absolute atomic E-state index is 12.6. The zero-order chi connectivity index (χ0) is 18.0. The van der Waals surface area contributed by atoms with Gasteiger partial charge in [0.1, 0.15) is 5.37 Å². The first-order valence-corrected chi connectivity index (χ1v) is 9.08. The molecule has 2 aromatic rings. The number of nitrogens with one attached hydrogen (secondary N) is 1. The van der Waals surface area contributed by atoms with Gasteiger partial charge in [-0.15, -0.1) is 11.8 Å². The standard InChI is InChI=1S/C17H16ClN3O3S/c1-11-2-7-15(14(18)10-11)19-17(22)20-8-9-25-16(20)12-3-5-13(6-4-12)21(23)24/h2-7,10,16H,8-9H2,1H3,(H,19,22). The van der Waals surface area contributed by atoms with Crippen LogP contribution in [0.2, 0.25) is 5.02 Å². The second-order valence-electron chi connectivity index (χ2n) is 5.68. The average molecular weight is 378 g/mol. The van der Waals surface area contributed by atoms with Crippen molar-refractivity contribution in [1.29, 1.82) is 0 Å². The first kappa shape index (κ1) is 17.6. The summed E-state index contributed by atoms with van der Waals surface area (Å²) in [7, 11) is 0. The number of carbonyl (C=O) groups is 1. The molecule has 0 aliphatic carbocycles. The van der Waals surface area contributed by atoms with Crippen LogP contribution in [0.15, 0.2) is 42.5 Å². The predicted molar refractivity (Wildman–Crippen MR) is 100 cm³/mol. The molecule has 25 heavy (non-hydrogen) atoms. The van der Waals surface area contributed by atoms with Gasteiger partial charge in [0.05, 0.1) is 15.6 Å². The normalized spacial score (nSPS) is 16.7. The number of anilines is 1. The Kier molecular flexibility index (Phi) is 5.15. The fraction of sp³-hybridized carbons (Fsp3) is 0.235. The molecule has 0 spiro atoms. The van der Waals surface area contributed by atoms with Crippen molar-refractivity contribution in [2.75, 3.05) is 17.6 Å². The summed E-state index contributed by atoms with van der Waals surface area (Å²) < 4.78 is 0. The number of carbonyl (C=O) groups excluding carboxylic acids is 1. The highest BCUT2D eigenvalue weighted by atomic mass is 35.5. The molecule has 0 bridgehead atoms. The number of non-ortho nitro benzene ring substituents is 1. The van der Waals surface area contributed by atoms with Crippen LogP contribution in [0.25, 0.3) is 0 Å². The smallest absolute Gasteiger partial charge is 0.308 e. The Morgan fingerprint density at radius 3 is 2.68 bits per heavy atom. The van der Waals surface area contributed by atoms with E-state index in [1.54, 1.807) is 40.9 Å². The molecule has 1 saturated heterocycles. The van der Waals surface area contributed by atoms with Gasteiger partial charge in [0, 0.05) is 24.4 Å². The van der Waals surface area contributed by atoms with E-state index in [9.17, 15) is 14.9 Å². The highest BCUT2D eigenvalue weighted by Gasteiger charge is 2.31. The second-order valence-corrected chi connectivity index (χ2v) is 7.27. The largest absolute Gasteiger partial charge is 0.323 e. The molecule has 1 aliphatic rings. The molecule has 2 aromatic carbocycles. The Labute approximate surface area is 154 Å². The minimum Gasteiger partial charge on any atom is -0.308 e. The van der Waals surface area contributed by atoms with E-state index in [2.05, 4.69) is 5.32 Å². The molecule has 1 atom stereocenters. The number of benzene rings is 2. The number of amides is 2. The molecule has 0 saturated carbocycles. The Morgan fingerprint density at radius 1 is 1.32 bits per heavy atom. The van der Waals surface area contributed by atoms with Crippen LogP contribution in [-0.2, 0) is 0 Å². The maximum Gasteiger partial charge on any atom is 0.323 e. The summed E-state index contributed by atoms with van der Waals surface area (Å²) in [4.78, 5) is 24.7. The van der Waals surface area contributed by atoms with Crippen LogP contribution in [0.3, 0.4) is 0 Å². The van der Waals surface area contributed by atoms with Crippen molar-refractivity contribution in [3.63, 3.8) is 0 Å². The lowest BCUT2D eigenvalue weighted by molar-refractivity contribution is -0.384. The van der Waals surface area contributed by atoms with E-state index in [-0.39, 0.29) is 17.1 Å². The van der Waals surface area contributed by atoms with E-state index >= 15 is 0 Å². The van der Waals surface area contributed by atoms with Gasteiger partial charge in [-0.25, -0.2) is 4.79 Å². The summed E-state index contributed by atoms with van der Waals surface area (Å²) in [5.74, 6) is 0.802. The molecular formula is C17H16ClN3O3S. The number of urea groups is 1. The summed E-state index contributed by atoms with van der Waals surface area (Å²) in [5, 5.41) is 13.9. The van der Waals surface area contributed by atoms with Crippen LogP contribution in [-0.4, -0.2) is 28.2 Å². The monoisotopic (exact) mass is 377 g/mol. The first-order chi connectivity index (χ1) is 12.0. The van der Waals surface area contributed by atoms with E-state index in [0.717, 1.165) is 16.9 Å². The summed E-state index contributed by atoms with van der Waals surface area (Å²) in [6.45, 7) is 2.53. The topological polar surface area (TPSA) is 75.5 Å². The molecule has 130 valence electrons. The SMILES string of the molecule is Cc1ccc(NC(=O)N2CCSC2c2ccc([N+](=O)[O-])cc2)c(Cl)c1. The van der Waals surface area contributed by atoms with Crippen molar-refractivity contribution in [2.24, 2.45) is 0 Å². The van der Waals surface area contributed by atoms with Crippen LogP contribution in [0.1, 0.15) is 16.5 Å². The van der Waals surface area contributed by atoms with Gasteiger partial charge in [0.2, 0.25) is 0 Å². The summed E-state index contributed by atoms with van der Waals surface area (Å²) in [6.07, 6.45) is 0. The third-order valence-electron chi connectivity index (χ3n) is 3.91. The molecule has 1 heterocycles. The van der Waals surface area contributed by atoms with E-state index in [1.165, 1.54) is 12.1 Å². The Bertz CT molecular complexity index is 813. The lowest BCUT2D eigenvalue weighted by atomic mass is 10.2. The van der Waals surface area contributed by atoms with E-state index in [0.29, 0.717) is 17.3 Å². The van der Waals surface area contributed by atoms with Crippen molar-refractivity contribution < 1.29 is 9.72 Å². The highest BCUT2D eigenvalue weighted by Crippen LogP contribution is 2.39. The minimum atomic E-state index is -0.435. The third kappa shape index (κ3) is 3.88. The van der Waals surface area contributed by atoms with Crippen LogP contribution in [0, 0.1) is 17.0 Å². The molecule has 8 heteroatoms. The number of hydrogen-bond acceptors (Lipinski definition) is 4. The third-order valence-corrected chi connectivity index (χ3v) is 5.48. The number of thioether (sulfide) groups is 1. The van der Waals surface area contributed by atoms with Crippen molar-refractivity contribution in [3.8, 4) is 0 Å². The van der Waals surface area contributed by atoms with Gasteiger partial charge in [0.15, 0.2) is 0 Å². The van der Waals surface area contributed by atoms with Crippen molar-refractivity contribution in [1.82, 2.24) is 4.90 Å². The second kappa shape index (κ2) is 7.33. The number of halogens is 1. The number of nitro benzene ring substituents is 1. The number of rotatable bonds is 3. The van der Waals surface area contributed by atoms with E-state index < -0.39 is 4.92 Å². The Morgan fingerprint density at radius 2 is 2.04 bits per heavy atom. The molecule has 1 aliphatic heterocycles. The molecule has 0 radical (unpaired) electrons. The molecule has 6 nitrogen and oxygen atoms in total. The summed E-state index contributed by atoms with van der Waals surface area (Å²) in [6, 6.07) is 11.5. The lowest BCUT2D eigenvalue weighted by Crippen LogP contribution is -2.34. The van der Waals surface area contributed by atoms with Crippen molar-refractivity contribution >= 4 is 40.8 Å². The summed E-state index contributed by atoms with van der Waals surface area (Å²) in [5.41, 5.74) is 2.48. The predicted octanol–water partition coefficient (Wildman–Crippen LogP) is 4.84. The van der Waals surface area contributed by atoms with Gasteiger partial charge < -0.3 is 10.2 Å². The maximum atomic E-state index is 12.6. The summed E-state index contributed by atoms with van der Waals surface area (Å²) >= 11 is 7.80. The quantitative estimate of drug-likeness (QED) is 0.613. The van der Waals surface area contributed by atoms with Crippen LogP contribution < -0.4 is 5.32 Å². The zero-order valence-electron chi connectivity index (χ0n) is 13.4. The van der Waals surface area contributed by atoms with Gasteiger partial charge in [0.25, 0.3) is 5.69 Å². The number of nitrogens with zero attached hydrogens (tertiary/aromatic N) is 2. The fourth-order valence-corrected chi connectivity index (χ4v) is 4.16. The van der Waals surface area contributed by atoms with Gasteiger partial charge in [-0.3, -0.25) is 10.1 Å². The molecular weight excluding hydrogens is 362 g/mol. The van der Waals surface area contributed by atoms with Crippen molar-refractivity contribution in [3.05, 3.63) is 68.7 Å². The van der Waals surface area contributed by atoms with Gasteiger partial charge in [-0.1, -0.05) is 17.7 Å². The number of aryl methyl sites for hydroxylation is 1. The van der Waals surface area contributed by atoms with Crippen LogP contribution in [0.5, 0.6) is 0 Å². The van der Waals surface area contributed by atoms with Gasteiger partial charge >= 0.3 is 6.03 Å². The van der Waals surface area contributed by atoms with Gasteiger partial charge in [-0.2, -0.15) is 0 Å². The molecule has 3 rings (SSSR count). The molecule has 2 amide bonds. The van der Waals surface area contributed by atoms with Crippen LogP contribution >= 0.6 is 23.4 Å². The minimum absolute atomic E-state index is 0.0363. The average Bonchev–Trinajstić information content (AvgIpc) is 3.07. The van der Waals surface area contributed by atoms with E-state index in [1.807, 2.05) is 13.0 Å². The van der Waals surface area contributed by atoms with E-state index in [4.69, 9.17) is 11.6 Å². The molecule has 1 unspecified atom stereocenters. The number of hydrogen-bond donors (Lipinski definition) is 1. The molecule has 1 fully saturated rings.